The SMILES string of the molecule is CCOc1ccc(C(=O)c2cn(CC(=O)Nc3ccc(F)cc3)c3cc(OC)c(OC)cc3c2=O)cc1. The van der Waals surface area contributed by atoms with E-state index in [-0.39, 0.29) is 17.5 Å². The number of nitrogens with one attached hydrogen (secondary N) is 1. The molecule has 0 aliphatic carbocycles. The van der Waals surface area contributed by atoms with E-state index in [1.165, 1.54) is 55.3 Å². The Balaban J connectivity index is 1.79. The first-order valence-electron chi connectivity index (χ1n) is 11.5. The molecule has 190 valence electrons. The Morgan fingerprint density at radius 1 is 0.946 bits per heavy atom. The number of benzene rings is 3. The fraction of sp³-hybridized carbons (Fsp3) is 0.179. The Labute approximate surface area is 212 Å². The Morgan fingerprint density at radius 3 is 2.22 bits per heavy atom. The van der Waals surface area contributed by atoms with Crippen molar-refractivity contribution in [2.24, 2.45) is 0 Å². The lowest BCUT2D eigenvalue weighted by Gasteiger charge is -2.16. The molecule has 3 aromatic carbocycles. The van der Waals surface area contributed by atoms with Gasteiger partial charge in [-0.25, -0.2) is 4.39 Å². The largest absolute Gasteiger partial charge is 0.494 e. The number of halogens is 1. The van der Waals surface area contributed by atoms with Crippen molar-refractivity contribution in [2.75, 3.05) is 26.1 Å². The van der Waals surface area contributed by atoms with Gasteiger partial charge < -0.3 is 24.1 Å². The van der Waals surface area contributed by atoms with Crippen LogP contribution in [0.5, 0.6) is 17.2 Å². The third kappa shape index (κ3) is 5.45. The summed E-state index contributed by atoms with van der Waals surface area (Å²) in [6, 6.07) is 14.9. The molecule has 0 bridgehead atoms. The number of aromatic nitrogens is 1. The Morgan fingerprint density at radius 2 is 1.59 bits per heavy atom. The maximum atomic E-state index is 13.5. The summed E-state index contributed by atoms with van der Waals surface area (Å²) in [5.74, 6) is -0.108. The molecule has 0 aliphatic heterocycles. The van der Waals surface area contributed by atoms with Gasteiger partial charge in [-0.3, -0.25) is 14.4 Å². The summed E-state index contributed by atoms with van der Waals surface area (Å²) in [4.78, 5) is 39.7. The summed E-state index contributed by atoms with van der Waals surface area (Å²) in [5.41, 5.74) is 0.452. The molecule has 0 spiro atoms. The predicted molar refractivity (Wildman–Crippen MR) is 137 cm³/mol. The van der Waals surface area contributed by atoms with Gasteiger partial charge in [-0.05, 0) is 61.5 Å². The Bertz CT molecular complexity index is 1510. The third-order valence-corrected chi connectivity index (χ3v) is 5.70. The molecule has 1 aromatic heterocycles. The molecular weight excluding hydrogens is 479 g/mol. The molecule has 0 saturated carbocycles. The van der Waals surface area contributed by atoms with Crippen LogP contribution in [0.25, 0.3) is 10.9 Å². The van der Waals surface area contributed by atoms with Gasteiger partial charge in [0.15, 0.2) is 17.3 Å². The van der Waals surface area contributed by atoms with Crippen molar-refractivity contribution in [3.63, 3.8) is 0 Å². The minimum absolute atomic E-state index is 0.113. The van der Waals surface area contributed by atoms with Crippen LogP contribution >= 0.6 is 0 Å². The van der Waals surface area contributed by atoms with Gasteiger partial charge >= 0.3 is 0 Å². The van der Waals surface area contributed by atoms with Crippen molar-refractivity contribution < 1.29 is 28.2 Å². The monoisotopic (exact) mass is 504 g/mol. The second kappa shape index (κ2) is 10.9. The van der Waals surface area contributed by atoms with Gasteiger partial charge in [-0.2, -0.15) is 0 Å². The first kappa shape index (κ1) is 25.4. The minimum atomic E-state index is -0.509. The van der Waals surface area contributed by atoms with Gasteiger partial charge in [-0.15, -0.1) is 0 Å². The minimum Gasteiger partial charge on any atom is -0.494 e. The Kier molecular flexibility index (Phi) is 7.52. The number of ether oxygens (including phenoxy) is 3. The van der Waals surface area contributed by atoms with Crippen LogP contribution in [0.3, 0.4) is 0 Å². The number of anilines is 1. The molecule has 9 heteroatoms. The predicted octanol–water partition coefficient (Wildman–Crippen LogP) is 4.43. The zero-order chi connectivity index (χ0) is 26.5. The molecule has 4 rings (SSSR count). The van der Waals surface area contributed by atoms with Crippen LogP contribution < -0.4 is 25.0 Å². The fourth-order valence-corrected chi connectivity index (χ4v) is 3.92. The lowest BCUT2D eigenvalue weighted by atomic mass is 10.0. The number of rotatable bonds is 9. The van der Waals surface area contributed by atoms with Crippen LogP contribution in [0.15, 0.2) is 71.7 Å². The van der Waals surface area contributed by atoms with Crippen LogP contribution in [0.2, 0.25) is 0 Å². The molecular formula is C28H25FN2O6. The highest BCUT2D eigenvalue weighted by Gasteiger charge is 2.20. The zero-order valence-corrected chi connectivity index (χ0v) is 20.5. The average molecular weight is 505 g/mol. The van der Waals surface area contributed by atoms with Crippen molar-refractivity contribution in [2.45, 2.75) is 13.5 Å². The van der Waals surface area contributed by atoms with E-state index in [9.17, 15) is 18.8 Å². The highest BCUT2D eigenvalue weighted by Crippen LogP contribution is 2.31. The van der Waals surface area contributed by atoms with Gasteiger partial charge in [0.1, 0.15) is 18.1 Å². The number of fused-ring (bicyclic) bond motifs is 1. The lowest BCUT2D eigenvalue weighted by molar-refractivity contribution is -0.116. The van der Waals surface area contributed by atoms with E-state index in [2.05, 4.69) is 5.32 Å². The van der Waals surface area contributed by atoms with Crippen molar-refractivity contribution in [3.05, 3.63) is 94.0 Å². The summed E-state index contributed by atoms with van der Waals surface area (Å²) in [6.07, 6.45) is 1.36. The molecule has 1 heterocycles. The van der Waals surface area contributed by atoms with E-state index in [1.807, 2.05) is 6.92 Å². The van der Waals surface area contributed by atoms with Crippen molar-refractivity contribution in [3.8, 4) is 17.2 Å². The third-order valence-electron chi connectivity index (χ3n) is 5.70. The molecule has 0 aliphatic rings. The molecule has 0 saturated heterocycles. The second-order valence-corrected chi connectivity index (χ2v) is 8.07. The van der Waals surface area contributed by atoms with Gasteiger partial charge in [0.25, 0.3) is 0 Å². The van der Waals surface area contributed by atoms with E-state index < -0.39 is 22.9 Å². The quantitative estimate of drug-likeness (QED) is 0.339. The second-order valence-electron chi connectivity index (χ2n) is 8.07. The number of methoxy groups -OCH3 is 2. The molecule has 37 heavy (non-hydrogen) atoms. The fourth-order valence-electron chi connectivity index (χ4n) is 3.92. The van der Waals surface area contributed by atoms with Crippen LogP contribution in [0, 0.1) is 5.82 Å². The van der Waals surface area contributed by atoms with Gasteiger partial charge in [-0.1, -0.05) is 0 Å². The number of carbonyl (C=O) groups is 2. The van der Waals surface area contributed by atoms with E-state index in [0.29, 0.717) is 40.6 Å². The molecule has 1 N–H and O–H groups in total. The zero-order valence-electron chi connectivity index (χ0n) is 20.5. The molecule has 0 fully saturated rings. The van der Waals surface area contributed by atoms with Gasteiger partial charge in [0.2, 0.25) is 11.3 Å². The van der Waals surface area contributed by atoms with E-state index in [4.69, 9.17) is 14.2 Å². The topological polar surface area (TPSA) is 95.9 Å². The van der Waals surface area contributed by atoms with Crippen LogP contribution in [0.4, 0.5) is 10.1 Å². The summed E-state index contributed by atoms with van der Waals surface area (Å²) in [5, 5.41) is 2.87. The number of ketones is 1. The molecule has 0 radical (unpaired) electrons. The standard InChI is InChI=1S/C28H25FN2O6/c1-4-37-20-11-5-17(6-12-20)27(33)22-15-31(16-26(32)30-19-9-7-18(29)8-10-19)23-14-25(36-3)24(35-2)13-21(23)28(22)34/h5-15H,4,16H2,1-3H3,(H,30,32). The molecule has 0 atom stereocenters. The van der Waals surface area contributed by atoms with Crippen LogP contribution in [-0.2, 0) is 11.3 Å². The normalized spacial score (nSPS) is 10.7. The number of nitrogens with zero attached hydrogens (tertiary/aromatic N) is 1. The number of amides is 1. The van der Waals surface area contributed by atoms with Gasteiger partial charge in [0.05, 0.1) is 37.3 Å². The number of pyridine rings is 1. The molecule has 1 amide bonds. The summed E-state index contributed by atoms with van der Waals surface area (Å²) in [7, 11) is 2.89. The first-order valence-corrected chi connectivity index (χ1v) is 11.5. The van der Waals surface area contributed by atoms with E-state index in [0.717, 1.165) is 0 Å². The maximum absolute atomic E-state index is 13.5. The smallest absolute Gasteiger partial charge is 0.244 e. The van der Waals surface area contributed by atoms with Gasteiger partial charge in [0, 0.05) is 23.5 Å². The number of hydrogen-bond acceptors (Lipinski definition) is 6. The molecule has 0 unspecified atom stereocenters. The van der Waals surface area contributed by atoms with Crippen LogP contribution in [0.1, 0.15) is 22.8 Å². The number of hydrogen-bond donors (Lipinski definition) is 1. The molecule has 4 aromatic rings. The molecule has 8 nitrogen and oxygen atoms in total. The number of carbonyl (C=O) groups excluding carboxylic acids is 2. The summed E-state index contributed by atoms with van der Waals surface area (Å²) in [6.45, 7) is 2.10. The Hall–Kier alpha value is -4.66. The van der Waals surface area contributed by atoms with Crippen molar-refractivity contribution in [1.29, 1.82) is 0 Å². The van der Waals surface area contributed by atoms with E-state index >= 15 is 0 Å². The first-order chi connectivity index (χ1) is 17.8. The van der Waals surface area contributed by atoms with Crippen LogP contribution in [-0.4, -0.2) is 37.1 Å². The lowest BCUT2D eigenvalue weighted by Crippen LogP contribution is -2.24. The average Bonchev–Trinajstić information content (AvgIpc) is 2.91. The highest BCUT2D eigenvalue weighted by molar-refractivity contribution is 6.10. The summed E-state index contributed by atoms with van der Waals surface area (Å²) < 4.78 is 30.9. The van der Waals surface area contributed by atoms with Crippen molar-refractivity contribution >= 4 is 28.3 Å². The maximum Gasteiger partial charge on any atom is 0.244 e. The van der Waals surface area contributed by atoms with Crippen molar-refractivity contribution in [1.82, 2.24) is 4.57 Å². The van der Waals surface area contributed by atoms with E-state index in [1.54, 1.807) is 30.3 Å². The summed E-state index contributed by atoms with van der Waals surface area (Å²) >= 11 is 0. The highest BCUT2D eigenvalue weighted by atomic mass is 19.1.